The van der Waals surface area contributed by atoms with E-state index >= 15 is 0 Å². The molecule has 0 bridgehead atoms. The maximum Gasteiger partial charge on any atom is 0.166 e. The van der Waals surface area contributed by atoms with Crippen molar-refractivity contribution in [2.45, 2.75) is 60.3 Å². The van der Waals surface area contributed by atoms with E-state index in [1.807, 2.05) is 19.1 Å². The van der Waals surface area contributed by atoms with Gasteiger partial charge in [0.15, 0.2) is 5.78 Å². The zero-order valence-corrected chi connectivity index (χ0v) is 13.7. The molecule has 2 nitrogen and oxygen atoms in total. The van der Waals surface area contributed by atoms with E-state index < -0.39 is 0 Å². The molecule has 0 aliphatic carbocycles. The molecule has 0 aliphatic rings. The van der Waals surface area contributed by atoms with Crippen molar-refractivity contribution in [3.63, 3.8) is 0 Å². The van der Waals surface area contributed by atoms with Crippen molar-refractivity contribution >= 4 is 5.78 Å². The second kappa shape index (κ2) is 6.43. The Morgan fingerprint density at radius 1 is 1.25 bits per heavy atom. The molecule has 1 rings (SSSR count). The third kappa shape index (κ3) is 4.36. The number of hydrogen-bond acceptors (Lipinski definition) is 2. The van der Waals surface area contributed by atoms with Crippen LogP contribution in [0.2, 0.25) is 0 Å². The molecule has 0 aliphatic heterocycles. The van der Waals surface area contributed by atoms with Gasteiger partial charge in [-0.15, -0.1) is 0 Å². The molecule has 0 radical (unpaired) electrons. The Labute approximate surface area is 123 Å². The zero-order valence-electron chi connectivity index (χ0n) is 13.7. The molecule has 1 aromatic rings. The Hall–Kier alpha value is -1.31. The second-order valence-corrected chi connectivity index (χ2v) is 7.17. The summed E-state index contributed by atoms with van der Waals surface area (Å²) in [5.74, 6) is 1.00. The Morgan fingerprint density at radius 2 is 1.85 bits per heavy atom. The van der Waals surface area contributed by atoms with Gasteiger partial charge in [-0.05, 0) is 41.4 Å². The summed E-state index contributed by atoms with van der Waals surface area (Å²) in [5, 5.41) is 9.87. The van der Waals surface area contributed by atoms with E-state index in [-0.39, 0.29) is 16.9 Å². The van der Waals surface area contributed by atoms with Gasteiger partial charge >= 0.3 is 0 Å². The van der Waals surface area contributed by atoms with Crippen molar-refractivity contribution in [1.29, 1.82) is 0 Å². The van der Waals surface area contributed by atoms with Gasteiger partial charge in [0.25, 0.3) is 0 Å². The molecule has 1 aromatic carbocycles. The predicted molar refractivity (Wildman–Crippen MR) is 84.4 cm³/mol. The van der Waals surface area contributed by atoms with Gasteiger partial charge in [0.2, 0.25) is 0 Å². The van der Waals surface area contributed by atoms with Crippen molar-refractivity contribution in [3.8, 4) is 5.75 Å². The fraction of sp³-hybridized carbons (Fsp3) is 0.611. The number of ketones is 1. The van der Waals surface area contributed by atoms with Gasteiger partial charge in [-0.2, -0.15) is 0 Å². The largest absolute Gasteiger partial charge is 0.507 e. The van der Waals surface area contributed by atoms with Crippen LogP contribution in [0, 0.1) is 11.3 Å². The number of phenols is 1. The lowest BCUT2D eigenvalue weighted by atomic mass is 9.76. The van der Waals surface area contributed by atoms with Crippen molar-refractivity contribution < 1.29 is 9.90 Å². The van der Waals surface area contributed by atoms with Crippen LogP contribution in [-0.4, -0.2) is 10.9 Å². The summed E-state index contributed by atoms with van der Waals surface area (Å²) in [6.07, 6.45) is 1.48. The van der Waals surface area contributed by atoms with E-state index in [0.717, 1.165) is 12.0 Å². The highest BCUT2D eigenvalue weighted by atomic mass is 16.3. The van der Waals surface area contributed by atoms with Crippen LogP contribution in [0.1, 0.15) is 76.2 Å². The maximum absolute atomic E-state index is 11.9. The van der Waals surface area contributed by atoms with Gasteiger partial charge in [0, 0.05) is 6.42 Å². The van der Waals surface area contributed by atoms with E-state index in [1.165, 1.54) is 0 Å². The number of hydrogen-bond donors (Lipinski definition) is 1. The quantitative estimate of drug-likeness (QED) is 0.754. The minimum absolute atomic E-state index is 0.00242. The maximum atomic E-state index is 11.9. The lowest BCUT2D eigenvalue weighted by Crippen LogP contribution is -2.16. The highest BCUT2D eigenvalue weighted by molar-refractivity contribution is 5.98. The smallest absolute Gasteiger partial charge is 0.166 e. The van der Waals surface area contributed by atoms with Crippen LogP contribution in [0.4, 0.5) is 0 Å². The molecular formula is C18H28O2. The number of benzene rings is 1. The number of phenolic OH excluding ortho intramolecular Hbond substituents is 1. The lowest BCUT2D eigenvalue weighted by molar-refractivity contribution is 0.0985. The number of carbonyl (C=O) groups is 1. The molecule has 1 unspecified atom stereocenters. The molecule has 0 spiro atoms. The normalized spacial score (nSPS) is 13.6. The van der Waals surface area contributed by atoms with Crippen molar-refractivity contribution in [3.05, 3.63) is 29.3 Å². The highest BCUT2D eigenvalue weighted by Crippen LogP contribution is 2.37. The minimum atomic E-state index is 0.00242. The van der Waals surface area contributed by atoms with E-state index in [2.05, 4.69) is 34.6 Å². The molecule has 112 valence electrons. The van der Waals surface area contributed by atoms with Crippen LogP contribution in [0.15, 0.2) is 18.2 Å². The predicted octanol–water partition coefficient (Wildman–Crippen LogP) is 5.16. The molecular weight excluding hydrogens is 248 g/mol. The topological polar surface area (TPSA) is 37.3 Å². The van der Waals surface area contributed by atoms with Crippen LogP contribution in [0.5, 0.6) is 5.75 Å². The van der Waals surface area contributed by atoms with Gasteiger partial charge in [0.1, 0.15) is 5.75 Å². The molecule has 0 saturated heterocycles. The first-order valence-electron chi connectivity index (χ1n) is 7.51. The summed E-state index contributed by atoms with van der Waals surface area (Å²) in [4.78, 5) is 11.9. The minimum Gasteiger partial charge on any atom is -0.507 e. The Bertz CT molecular complexity index is 467. The van der Waals surface area contributed by atoms with E-state index in [0.29, 0.717) is 23.8 Å². The van der Waals surface area contributed by atoms with E-state index in [9.17, 15) is 9.90 Å². The summed E-state index contributed by atoms with van der Waals surface area (Å²) in [5.41, 5.74) is 1.86. The standard InChI is InChI=1S/C18H28O2/c1-7-16(19)14-10-13(8-9-17(14)20)15(12(2)3)11-18(4,5)6/h8-10,12,15,20H,7,11H2,1-6H3. The van der Waals surface area contributed by atoms with Crippen LogP contribution in [0.3, 0.4) is 0 Å². The zero-order chi connectivity index (χ0) is 15.5. The van der Waals surface area contributed by atoms with Crippen LogP contribution >= 0.6 is 0 Å². The fourth-order valence-corrected chi connectivity index (χ4v) is 2.60. The summed E-state index contributed by atoms with van der Waals surface area (Å²) >= 11 is 0. The molecule has 0 fully saturated rings. The molecule has 0 heterocycles. The van der Waals surface area contributed by atoms with E-state index in [1.54, 1.807) is 6.07 Å². The fourth-order valence-electron chi connectivity index (χ4n) is 2.60. The van der Waals surface area contributed by atoms with Gasteiger partial charge in [-0.1, -0.05) is 47.6 Å². The van der Waals surface area contributed by atoms with Gasteiger partial charge in [0.05, 0.1) is 5.56 Å². The van der Waals surface area contributed by atoms with Crippen molar-refractivity contribution in [2.24, 2.45) is 11.3 Å². The number of Topliss-reactive ketones (excluding diaryl/α,β-unsaturated/α-hetero) is 1. The lowest BCUT2D eigenvalue weighted by Gasteiger charge is -2.29. The average Bonchev–Trinajstić information content (AvgIpc) is 2.34. The SMILES string of the molecule is CCC(=O)c1cc(C(CC(C)(C)C)C(C)C)ccc1O. The summed E-state index contributed by atoms with van der Waals surface area (Å²) in [6.45, 7) is 13.0. The first kappa shape index (κ1) is 16.7. The highest BCUT2D eigenvalue weighted by Gasteiger charge is 2.24. The first-order valence-corrected chi connectivity index (χ1v) is 7.51. The molecule has 0 aromatic heterocycles. The van der Waals surface area contributed by atoms with E-state index in [4.69, 9.17) is 0 Å². The van der Waals surface area contributed by atoms with Gasteiger partial charge in [-0.25, -0.2) is 0 Å². The monoisotopic (exact) mass is 276 g/mol. The summed E-state index contributed by atoms with van der Waals surface area (Å²) in [6, 6.07) is 5.51. The molecule has 20 heavy (non-hydrogen) atoms. The molecule has 0 saturated carbocycles. The molecule has 1 N–H and O–H groups in total. The summed E-state index contributed by atoms with van der Waals surface area (Å²) < 4.78 is 0. The molecule has 1 atom stereocenters. The Balaban J connectivity index is 3.18. The van der Waals surface area contributed by atoms with Gasteiger partial charge in [-0.3, -0.25) is 4.79 Å². The molecule has 2 heteroatoms. The first-order chi connectivity index (χ1) is 9.15. The molecule has 0 amide bonds. The summed E-state index contributed by atoms with van der Waals surface area (Å²) in [7, 11) is 0. The van der Waals surface area contributed by atoms with Crippen LogP contribution < -0.4 is 0 Å². The van der Waals surface area contributed by atoms with Crippen molar-refractivity contribution in [1.82, 2.24) is 0 Å². The Morgan fingerprint density at radius 3 is 2.30 bits per heavy atom. The average molecular weight is 276 g/mol. The Kier molecular flexibility index (Phi) is 5.38. The number of aromatic hydroxyl groups is 1. The third-order valence-corrected chi connectivity index (χ3v) is 3.71. The van der Waals surface area contributed by atoms with Gasteiger partial charge < -0.3 is 5.11 Å². The van der Waals surface area contributed by atoms with Crippen LogP contribution in [0.25, 0.3) is 0 Å². The second-order valence-electron chi connectivity index (χ2n) is 7.17. The van der Waals surface area contributed by atoms with Crippen molar-refractivity contribution in [2.75, 3.05) is 0 Å². The third-order valence-electron chi connectivity index (χ3n) is 3.71. The number of rotatable bonds is 5. The van der Waals surface area contributed by atoms with Crippen LogP contribution in [-0.2, 0) is 0 Å². The number of carbonyl (C=O) groups excluding carboxylic acids is 1.